The molecule has 0 radical (unpaired) electrons. The van der Waals surface area contributed by atoms with Gasteiger partial charge in [0.1, 0.15) is 12.4 Å². The molecule has 1 atom stereocenters. The minimum atomic E-state index is 0.248. The average Bonchev–Trinajstić information content (AvgIpc) is 2.51. The average molecular weight is 339 g/mol. The van der Waals surface area contributed by atoms with Gasteiger partial charge in [0.2, 0.25) is 0 Å². The van der Waals surface area contributed by atoms with E-state index in [1.165, 1.54) is 23.1 Å². The molecule has 1 nitrogen and oxygen atoms in total. The van der Waals surface area contributed by atoms with Crippen LogP contribution in [0.5, 0.6) is 5.75 Å². The van der Waals surface area contributed by atoms with Gasteiger partial charge >= 0.3 is 0 Å². The third-order valence-electron chi connectivity index (χ3n) is 4.67. The molecule has 0 saturated carbocycles. The lowest BCUT2D eigenvalue weighted by Crippen LogP contribution is -2.23. The van der Waals surface area contributed by atoms with Gasteiger partial charge in [-0.3, -0.25) is 0 Å². The van der Waals surface area contributed by atoms with Crippen molar-refractivity contribution in [2.45, 2.75) is 67.4 Å². The lowest BCUT2D eigenvalue weighted by atomic mass is 9.69. The van der Waals surface area contributed by atoms with Crippen LogP contribution in [0, 0.1) is 17.8 Å². The van der Waals surface area contributed by atoms with Gasteiger partial charge in [0, 0.05) is 0 Å². The molecule has 0 aliphatic carbocycles. The Kier molecular flexibility index (Phi) is 5.98. The lowest BCUT2D eigenvalue weighted by molar-refractivity contribution is 0.229. The summed E-state index contributed by atoms with van der Waals surface area (Å²) in [6.07, 6.45) is 1.18. The molecule has 0 bridgehead atoms. The highest BCUT2D eigenvalue weighted by Crippen LogP contribution is 2.43. The van der Waals surface area contributed by atoms with E-state index in [-0.39, 0.29) is 5.41 Å². The van der Waals surface area contributed by atoms with Crippen molar-refractivity contribution in [3.8, 4) is 5.75 Å². The first kappa shape index (κ1) is 19.6. The summed E-state index contributed by atoms with van der Waals surface area (Å²) in [5, 5.41) is 0. The maximum atomic E-state index is 5.95. The van der Waals surface area contributed by atoms with Crippen molar-refractivity contribution in [2.24, 2.45) is 10.8 Å². The first-order valence-corrected chi connectivity index (χ1v) is 9.33. The van der Waals surface area contributed by atoms with E-state index in [1.54, 1.807) is 0 Å². The van der Waals surface area contributed by atoms with Crippen LogP contribution in [0.15, 0.2) is 48.5 Å². The Labute approximate surface area is 154 Å². The summed E-state index contributed by atoms with van der Waals surface area (Å²) in [5.74, 6) is 1.48. The Hall–Kier alpha value is -1.76. The SMILES string of the molecule is Cc1ccc(COc2ccc(C(CC(C)(C)C)C(C)(C)C)cc2)cc1. The van der Waals surface area contributed by atoms with Crippen LogP contribution < -0.4 is 4.74 Å². The molecule has 0 heterocycles. The van der Waals surface area contributed by atoms with E-state index in [9.17, 15) is 0 Å². The van der Waals surface area contributed by atoms with Crippen LogP contribution in [0.25, 0.3) is 0 Å². The molecular formula is C24H34O. The van der Waals surface area contributed by atoms with Gasteiger partial charge in [-0.15, -0.1) is 0 Å². The van der Waals surface area contributed by atoms with Gasteiger partial charge in [-0.05, 0) is 53.4 Å². The van der Waals surface area contributed by atoms with E-state index in [2.05, 4.69) is 97.0 Å². The Balaban J connectivity index is 2.07. The summed E-state index contributed by atoms with van der Waals surface area (Å²) in [6.45, 7) is 16.7. The van der Waals surface area contributed by atoms with Crippen molar-refractivity contribution in [2.75, 3.05) is 0 Å². The van der Waals surface area contributed by atoms with Crippen molar-refractivity contribution in [1.82, 2.24) is 0 Å². The second-order valence-corrected chi connectivity index (χ2v) is 9.53. The molecule has 0 aliphatic rings. The van der Waals surface area contributed by atoms with Crippen LogP contribution >= 0.6 is 0 Å². The molecule has 1 heteroatoms. The Morgan fingerprint density at radius 1 is 0.800 bits per heavy atom. The van der Waals surface area contributed by atoms with E-state index in [1.807, 2.05) is 0 Å². The fourth-order valence-corrected chi connectivity index (χ4v) is 3.18. The first-order valence-electron chi connectivity index (χ1n) is 9.33. The van der Waals surface area contributed by atoms with Gasteiger partial charge in [-0.2, -0.15) is 0 Å². The summed E-state index contributed by atoms with van der Waals surface area (Å²) in [5.41, 5.74) is 4.45. The molecule has 0 fully saturated rings. The summed E-state index contributed by atoms with van der Waals surface area (Å²) in [6, 6.07) is 17.2. The molecule has 136 valence electrons. The topological polar surface area (TPSA) is 9.23 Å². The number of ether oxygens (including phenoxy) is 1. The summed E-state index contributed by atoms with van der Waals surface area (Å²) in [4.78, 5) is 0. The molecule has 0 saturated heterocycles. The molecule has 25 heavy (non-hydrogen) atoms. The highest BCUT2D eigenvalue weighted by atomic mass is 16.5. The van der Waals surface area contributed by atoms with Crippen molar-refractivity contribution in [1.29, 1.82) is 0 Å². The fourth-order valence-electron chi connectivity index (χ4n) is 3.18. The third kappa shape index (κ3) is 6.23. The van der Waals surface area contributed by atoms with Gasteiger partial charge in [0.15, 0.2) is 0 Å². The monoisotopic (exact) mass is 338 g/mol. The van der Waals surface area contributed by atoms with Crippen molar-refractivity contribution < 1.29 is 4.74 Å². The maximum Gasteiger partial charge on any atom is 0.119 e. The van der Waals surface area contributed by atoms with E-state index in [0.29, 0.717) is 17.9 Å². The van der Waals surface area contributed by atoms with Crippen LogP contribution in [0.2, 0.25) is 0 Å². The Morgan fingerprint density at radius 2 is 1.36 bits per heavy atom. The fraction of sp³-hybridized carbons (Fsp3) is 0.500. The Morgan fingerprint density at radius 3 is 1.84 bits per heavy atom. The molecule has 0 spiro atoms. The highest BCUT2D eigenvalue weighted by molar-refractivity contribution is 5.31. The second kappa shape index (κ2) is 7.64. The largest absolute Gasteiger partial charge is 0.489 e. The number of benzene rings is 2. The standard InChI is InChI=1S/C24H34O/c1-18-8-10-19(11-9-18)17-25-21-14-12-20(13-15-21)22(24(5,6)7)16-23(2,3)4/h8-15,22H,16-17H2,1-7H3. The molecule has 2 aromatic rings. The van der Waals surface area contributed by atoms with E-state index in [0.717, 1.165) is 5.75 Å². The van der Waals surface area contributed by atoms with Crippen LogP contribution in [0.3, 0.4) is 0 Å². The molecule has 2 rings (SSSR count). The zero-order chi connectivity index (χ0) is 18.7. The molecular weight excluding hydrogens is 304 g/mol. The summed E-state index contributed by atoms with van der Waals surface area (Å²) >= 11 is 0. The zero-order valence-electron chi connectivity index (χ0n) is 17.0. The van der Waals surface area contributed by atoms with Crippen LogP contribution in [0.1, 0.15) is 70.6 Å². The highest BCUT2D eigenvalue weighted by Gasteiger charge is 2.30. The normalized spacial score (nSPS) is 13.6. The van der Waals surface area contributed by atoms with Crippen LogP contribution in [0.4, 0.5) is 0 Å². The van der Waals surface area contributed by atoms with Crippen molar-refractivity contribution >= 4 is 0 Å². The van der Waals surface area contributed by atoms with E-state index in [4.69, 9.17) is 4.74 Å². The maximum absolute atomic E-state index is 5.95. The predicted octanol–water partition coefficient (Wildman–Crippen LogP) is 7.14. The van der Waals surface area contributed by atoms with E-state index >= 15 is 0 Å². The Bertz CT molecular complexity index is 651. The molecule has 2 aromatic carbocycles. The lowest BCUT2D eigenvalue weighted by Gasteiger charge is -2.36. The number of hydrogen-bond donors (Lipinski definition) is 0. The minimum Gasteiger partial charge on any atom is -0.489 e. The quantitative estimate of drug-likeness (QED) is 0.563. The third-order valence-corrected chi connectivity index (χ3v) is 4.67. The summed E-state index contributed by atoms with van der Waals surface area (Å²) in [7, 11) is 0. The zero-order valence-corrected chi connectivity index (χ0v) is 17.0. The number of hydrogen-bond acceptors (Lipinski definition) is 1. The first-order chi connectivity index (χ1) is 11.5. The van der Waals surface area contributed by atoms with Gasteiger partial charge in [-0.25, -0.2) is 0 Å². The van der Waals surface area contributed by atoms with Gasteiger partial charge in [-0.1, -0.05) is 83.5 Å². The number of aryl methyl sites for hydroxylation is 1. The number of rotatable bonds is 5. The molecule has 1 unspecified atom stereocenters. The van der Waals surface area contributed by atoms with Gasteiger partial charge < -0.3 is 4.74 Å². The molecule has 0 aliphatic heterocycles. The molecule has 0 amide bonds. The molecule has 0 aromatic heterocycles. The minimum absolute atomic E-state index is 0.248. The predicted molar refractivity (Wildman–Crippen MR) is 108 cm³/mol. The van der Waals surface area contributed by atoms with E-state index < -0.39 is 0 Å². The second-order valence-electron chi connectivity index (χ2n) is 9.53. The smallest absolute Gasteiger partial charge is 0.119 e. The van der Waals surface area contributed by atoms with Gasteiger partial charge in [0.25, 0.3) is 0 Å². The van der Waals surface area contributed by atoms with Gasteiger partial charge in [0.05, 0.1) is 0 Å². The van der Waals surface area contributed by atoms with Crippen molar-refractivity contribution in [3.63, 3.8) is 0 Å². The summed E-state index contributed by atoms with van der Waals surface area (Å²) < 4.78 is 5.95. The molecule has 0 N–H and O–H groups in total. The van der Waals surface area contributed by atoms with Crippen molar-refractivity contribution in [3.05, 3.63) is 65.2 Å². The van der Waals surface area contributed by atoms with Crippen LogP contribution in [-0.2, 0) is 6.61 Å². The van der Waals surface area contributed by atoms with Crippen LogP contribution in [-0.4, -0.2) is 0 Å².